The van der Waals surface area contributed by atoms with Crippen molar-refractivity contribution in [2.75, 3.05) is 5.32 Å². The summed E-state index contributed by atoms with van der Waals surface area (Å²) in [7, 11) is 0. The standard InChI is InChI=1S/C17H12N4O/c22-17(16-10-18-7-8-19-16)20-11-5-6-13-12-3-1-2-4-14(12)21-15(13)9-11/h1-10,21H,(H,20,22). The molecule has 0 radical (unpaired) electrons. The minimum atomic E-state index is -0.274. The number of aromatic amines is 1. The number of benzene rings is 2. The molecule has 2 aromatic carbocycles. The monoisotopic (exact) mass is 288 g/mol. The fourth-order valence-corrected chi connectivity index (χ4v) is 2.54. The summed E-state index contributed by atoms with van der Waals surface area (Å²) in [5.41, 5.74) is 3.07. The largest absolute Gasteiger partial charge is 0.354 e. The number of para-hydroxylation sites is 1. The number of rotatable bonds is 2. The van der Waals surface area contributed by atoms with Crippen LogP contribution in [0, 0.1) is 0 Å². The molecule has 2 N–H and O–H groups in total. The third-order valence-corrected chi connectivity index (χ3v) is 3.56. The van der Waals surface area contributed by atoms with E-state index in [4.69, 9.17) is 0 Å². The topological polar surface area (TPSA) is 70.7 Å². The first-order valence-corrected chi connectivity index (χ1v) is 6.89. The van der Waals surface area contributed by atoms with Crippen LogP contribution in [0.15, 0.2) is 61.1 Å². The van der Waals surface area contributed by atoms with Crippen LogP contribution in [0.4, 0.5) is 5.69 Å². The lowest BCUT2D eigenvalue weighted by Crippen LogP contribution is -2.13. The maximum atomic E-state index is 12.1. The maximum Gasteiger partial charge on any atom is 0.275 e. The van der Waals surface area contributed by atoms with Crippen molar-refractivity contribution in [1.82, 2.24) is 15.0 Å². The Balaban J connectivity index is 1.71. The van der Waals surface area contributed by atoms with Crippen molar-refractivity contribution in [3.63, 3.8) is 0 Å². The van der Waals surface area contributed by atoms with Crippen molar-refractivity contribution in [3.8, 4) is 0 Å². The first-order chi connectivity index (χ1) is 10.8. The average Bonchev–Trinajstić information content (AvgIpc) is 2.93. The average molecular weight is 288 g/mol. The highest BCUT2D eigenvalue weighted by atomic mass is 16.1. The fraction of sp³-hybridized carbons (Fsp3) is 0. The van der Waals surface area contributed by atoms with Gasteiger partial charge in [0.25, 0.3) is 5.91 Å². The first kappa shape index (κ1) is 12.5. The first-order valence-electron chi connectivity index (χ1n) is 6.89. The molecule has 0 atom stereocenters. The van der Waals surface area contributed by atoms with Crippen molar-refractivity contribution < 1.29 is 4.79 Å². The van der Waals surface area contributed by atoms with Crippen LogP contribution >= 0.6 is 0 Å². The summed E-state index contributed by atoms with van der Waals surface area (Å²) in [6.45, 7) is 0. The molecule has 4 aromatic rings. The second kappa shape index (κ2) is 4.96. The molecule has 106 valence electrons. The van der Waals surface area contributed by atoms with E-state index in [2.05, 4.69) is 26.3 Å². The predicted molar refractivity (Wildman–Crippen MR) is 85.8 cm³/mol. The van der Waals surface area contributed by atoms with E-state index in [0.29, 0.717) is 5.69 Å². The number of aromatic nitrogens is 3. The van der Waals surface area contributed by atoms with Crippen LogP contribution in [0.1, 0.15) is 10.5 Å². The number of H-pyrrole nitrogens is 1. The minimum absolute atomic E-state index is 0.274. The molecule has 0 fully saturated rings. The summed E-state index contributed by atoms with van der Waals surface area (Å²) in [5.74, 6) is -0.274. The van der Waals surface area contributed by atoms with Gasteiger partial charge in [0.2, 0.25) is 0 Å². The van der Waals surface area contributed by atoms with Gasteiger partial charge < -0.3 is 10.3 Å². The van der Waals surface area contributed by atoms with E-state index in [1.165, 1.54) is 24.0 Å². The third kappa shape index (κ3) is 2.09. The Morgan fingerprint density at radius 2 is 1.86 bits per heavy atom. The molecule has 0 bridgehead atoms. The Morgan fingerprint density at radius 1 is 1.00 bits per heavy atom. The number of hydrogen-bond donors (Lipinski definition) is 2. The van der Waals surface area contributed by atoms with Gasteiger partial charge in [0.1, 0.15) is 5.69 Å². The normalized spacial score (nSPS) is 10.9. The van der Waals surface area contributed by atoms with Gasteiger partial charge in [-0.05, 0) is 18.2 Å². The molecule has 0 aliphatic rings. The van der Waals surface area contributed by atoms with Gasteiger partial charge in [-0.1, -0.05) is 24.3 Å². The number of amides is 1. The zero-order valence-corrected chi connectivity index (χ0v) is 11.6. The second-order valence-electron chi connectivity index (χ2n) is 4.98. The molecule has 2 heterocycles. The van der Waals surface area contributed by atoms with E-state index >= 15 is 0 Å². The predicted octanol–water partition coefficient (Wildman–Crippen LogP) is 3.36. The SMILES string of the molecule is O=C(Nc1ccc2c(c1)[nH]c1ccccc12)c1cnccn1. The van der Waals surface area contributed by atoms with Crippen LogP contribution < -0.4 is 5.32 Å². The molecular formula is C17H12N4O. The molecule has 0 aliphatic heterocycles. The number of hydrogen-bond acceptors (Lipinski definition) is 3. The van der Waals surface area contributed by atoms with Crippen LogP contribution in [0.3, 0.4) is 0 Å². The Morgan fingerprint density at radius 3 is 2.73 bits per heavy atom. The molecule has 2 aromatic heterocycles. The zero-order chi connectivity index (χ0) is 14.9. The molecule has 1 amide bonds. The number of carbonyl (C=O) groups is 1. The van der Waals surface area contributed by atoms with Gasteiger partial charge in [0.05, 0.1) is 6.20 Å². The summed E-state index contributed by atoms with van der Waals surface area (Å²) in [6, 6.07) is 13.9. The van der Waals surface area contributed by atoms with Crippen molar-refractivity contribution in [2.24, 2.45) is 0 Å². The van der Waals surface area contributed by atoms with Crippen molar-refractivity contribution in [1.29, 1.82) is 0 Å². The highest BCUT2D eigenvalue weighted by molar-refractivity contribution is 6.09. The summed E-state index contributed by atoms with van der Waals surface area (Å²) in [4.78, 5) is 23.3. The molecule has 5 heteroatoms. The number of nitrogens with zero attached hydrogens (tertiary/aromatic N) is 2. The summed E-state index contributed by atoms with van der Waals surface area (Å²) in [6.07, 6.45) is 4.47. The van der Waals surface area contributed by atoms with Gasteiger partial charge in [-0.15, -0.1) is 0 Å². The Hall–Kier alpha value is -3.21. The lowest BCUT2D eigenvalue weighted by Gasteiger charge is -2.04. The lowest BCUT2D eigenvalue weighted by atomic mass is 10.1. The van der Waals surface area contributed by atoms with Gasteiger partial charge in [-0.2, -0.15) is 0 Å². The van der Waals surface area contributed by atoms with E-state index in [1.54, 1.807) is 0 Å². The van der Waals surface area contributed by atoms with E-state index in [1.807, 2.05) is 36.4 Å². The summed E-state index contributed by atoms with van der Waals surface area (Å²) < 4.78 is 0. The molecule has 0 unspecified atom stereocenters. The van der Waals surface area contributed by atoms with Gasteiger partial charge >= 0.3 is 0 Å². The summed E-state index contributed by atoms with van der Waals surface area (Å²) >= 11 is 0. The number of nitrogens with one attached hydrogen (secondary N) is 2. The highest BCUT2D eigenvalue weighted by Gasteiger charge is 2.09. The van der Waals surface area contributed by atoms with Crippen LogP contribution in [0.5, 0.6) is 0 Å². The fourth-order valence-electron chi connectivity index (χ4n) is 2.54. The minimum Gasteiger partial charge on any atom is -0.354 e. The van der Waals surface area contributed by atoms with Crippen LogP contribution in [-0.2, 0) is 0 Å². The third-order valence-electron chi connectivity index (χ3n) is 3.56. The van der Waals surface area contributed by atoms with Gasteiger partial charge in [-0.3, -0.25) is 9.78 Å². The molecule has 0 aliphatic carbocycles. The Labute approximate surface area is 126 Å². The van der Waals surface area contributed by atoms with E-state index in [9.17, 15) is 4.79 Å². The molecule has 22 heavy (non-hydrogen) atoms. The van der Waals surface area contributed by atoms with E-state index in [0.717, 1.165) is 22.1 Å². The quantitative estimate of drug-likeness (QED) is 0.594. The van der Waals surface area contributed by atoms with Crippen molar-refractivity contribution in [2.45, 2.75) is 0 Å². The molecule has 0 saturated heterocycles. The van der Waals surface area contributed by atoms with Gasteiger partial charge in [0, 0.05) is 39.9 Å². The number of anilines is 1. The Bertz CT molecular complexity index is 976. The van der Waals surface area contributed by atoms with Crippen LogP contribution in [-0.4, -0.2) is 20.9 Å². The zero-order valence-electron chi connectivity index (χ0n) is 11.6. The molecular weight excluding hydrogens is 276 g/mol. The molecule has 0 saturated carbocycles. The number of fused-ring (bicyclic) bond motifs is 3. The van der Waals surface area contributed by atoms with E-state index in [-0.39, 0.29) is 5.91 Å². The van der Waals surface area contributed by atoms with Crippen LogP contribution in [0.2, 0.25) is 0 Å². The maximum absolute atomic E-state index is 12.1. The second-order valence-corrected chi connectivity index (χ2v) is 4.98. The van der Waals surface area contributed by atoms with Gasteiger partial charge in [-0.25, -0.2) is 4.98 Å². The smallest absolute Gasteiger partial charge is 0.275 e. The molecule has 0 spiro atoms. The molecule has 4 rings (SSSR count). The highest BCUT2D eigenvalue weighted by Crippen LogP contribution is 2.27. The number of carbonyl (C=O) groups excluding carboxylic acids is 1. The van der Waals surface area contributed by atoms with E-state index < -0.39 is 0 Å². The van der Waals surface area contributed by atoms with Crippen molar-refractivity contribution >= 4 is 33.4 Å². The Kier molecular flexibility index (Phi) is 2.83. The van der Waals surface area contributed by atoms with Crippen LogP contribution in [0.25, 0.3) is 21.8 Å². The van der Waals surface area contributed by atoms with Crippen molar-refractivity contribution in [3.05, 3.63) is 66.7 Å². The van der Waals surface area contributed by atoms with Gasteiger partial charge in [0.15, 0.2) is 0 Å². The molecule has 5 nitrogen and oxygen atoms in total. The summed E-state index contributed by atoms with van der Waals surface area (Å²) in [5, 5.41) is 5.14. The lowest BCUT2D eigenvalue weighted by molar-refractivity contribution is 0.102.